The van der Waals surface area contributed by atoms with Crippen molar-refractivity contribution in [3.63, 3.8) is 0 Å². The number of hydrogen-bond donors (Lipinski definition) is 2. The summed E-state index contributed by atoms with van der Waals surface area (Å²) >= 11 is 0. The average Bonchev–Trinajstić information content (AvgIpc) is 2.24. The third kappa shape index (κ3) is 6.46. The summed E-state index contributed by atoms with van der Waals surface area (Å²) in [5, 5.41) is 18.9. The lowest BCUT2D eigenvalue weighted by Crippen LogP contribution is -2.29. The summed E-state index contributed by atoms with van der Waals surface area (Å²) < 4.78 is 5.59. The lowest BCUT2D eigenvalue weighted by Gasteiger charge is -2.25. The van der Waals surface area contributed by atoms with Crippen molar-refractivity contribution in [1.29, 1.82) is 0 Å². The molecule has 0 spiro atoms. The van der Waals surface area contributed by atoms with Crippen molar-refractivity contribution in [3.05, 3.63) is 0 Å². The molecule has 0 rings (SSSR count). The van der Waals surface area contributed by atoms with Gasteiger partial charge in [-0.15, -0.1) is 0 Å². The van der Waals surface area contributed by atoms with Crippen LogP contribution < -0.4 is 0 Å². The van der Waals surface area contributed by atoms with Gasteiger partial charge in [0.25, 0.3) is 0 Å². The molecule has 0 aromatic carbocycles. The standard InChI is InChI=1S/C13H28O3/c1-5-7-12(15)11(6-2)8-16-10-13(3,4)9-14/h11-12,14-15H,5-10H2,1-4H3. The lowest BCUT2D eigenvalue weighted by molar-refractivity contribution is -0.0182. The largest absolute Gasteiger partial charge is 0.396 e. The van der Waals surface area contributed by atoms with Crippen molar-refractivity contribution in [1.82, 2.24) is 0 Å². The fourth-order valence-corrected chi connectivity index (χ4v) is 1.56. The van der Waals surface area contributed by atoms with Gasteiger partial charge in [-0.1, -0.05) is 34.1 Å². The van der Waals surface area contributed by atoms with Crippen LogP contribution in [0.1, 0.15) is 47.0 Å². The van der Waals surface area contributed by atoms with Crippen LogP contribution in [0.5, 0.6) is 0 Å². The summed E-state index contributed by atoms with van der Waals surface area (Å²) in [5.41, 5.74) is -0.187. The zero-order chi connectivity index (χ0) is 12.6. The van der Waals surface area contributed by atoms with Crippen molar-refractivity contribution in [3.8, 4) is 0 Å². The number of aliphatic hydroxyl groups excluding tert-OH is 2. The number of aliphatic hydroxyl groups is 2. The van der Waals surface area contributed by atoms with Gasteiger partial charge >= 0.3 is 0 Å². The highest BCUT2D eigenvalue weighted by Crippen LogP contribution is 2.17. The Morgan fingerprint density at radius 3 is 2.31 bits per heavy atom. The average molecular weight is 232 g/mol. The second-order valence-electron chi connectivity index (χ2n) is 5.36. The molecule has 0 bridgehead atoms. The molecule has 0 aromatic heterocycles. The monoisotopic (exact) mass is 232 g/mol. The van der Waals surface area contributed by atoms with E-state index in [0.29, 0.717) is 13.2 Å². The highest BCUT2D eigenvalue weighted by molar-refractivity contribution is 4.69. The number of ether oxygens (including phenoxy) is 1. The van der Waals surface area contributed by atoms with Crippen LogP contribution in [0.25, 0.3) is 0 Å². The third-order valence-electron chi connectivity index (χ3n) is 2.91. The van der Waals surface area contributed by atoms with Gasteiger partial charge in [-0.05, 0) is 12.8 Å². The van der Waals surface area contributed by atoms with E-state index in [0.717, 1.165) is 19.3 Å². The minimum absolute atomic E-state index is 0.126. The summed E-state index contributed by atoms with van der Waals surface area (Å²) in [7, 11) is 0. The van der Waals surface area contributed by atoms with Crippen molar-refractivity contribution >= 4 is 0 Å². The normalized spacial score (nSPS) is 16.1. The molecule has 0 aliphatic rings. The molecular weight excluding hydrogens is 204 g/mol. The number of hydrogen-bond acceptors (Lipinski definition) is 3. The summed E-state index contributed by atoms with van der Waals surface area (Å²) in [4.78, 5) is 0. The SMILES string of the molecule is CCCC(O)C(CC)COCC(C)(C)CO. The topological polar surface area (TPSA) is 49.7 Å². The van der Waals surface area contributed by atoms with E-state index in [1.54, 1.807) is 0 Å². The first kappa shape index (κ1) is 15.9. The highest BCUT2D eigenvalue weighted by atomic mass is 16.5. The van der Waals surface area contributed by atoms with Crippen LogP contribution in [0.15, 0.2) is 0 Å². The molecule has 3 nitrogen and oxygen atoms in total. The molecule has 0 aliphatic carbocycles. The molecule has 0 aromatic rings. The second-order valence-corrected chi connectivity index (χ2v) is 5.36. The van der Waals surface area contributed by atoms with Crippen LogP contribution >= 0.6 is 0 Å². The smallest absolute Gasteiger partial charge is 0.0590 e. The maximum atomic E-state index is 9.87. The Morgan fingerprint density at radius 2 is 1.88 bits per heavy atom. The molecule has 16 heavy (non-hydrogen) atoms. The first-order chi connectivity index (χ1) is 7.46. The molecule has 98 valence electrons. The Kier molecular flexibility index (Phi) is 7.98. The fraction of sp³-hybridized carbons (Fsp3) is 1.00. The van der Waals surface area contributed by atoms with Crippen LogP contribution in [-0.4, -0.2) is 36.1 Å². The van der Waals surface area contributed by atoms with Gasteiger partial charge < -0.3 is 14.9 Å². The molecule has 2 N–H and O–H groups in total. The predicted molar refractivity (Wildman–Crippen MR) is 66.4 cm³/mol. The molecule has 2 atom stereocenters. The van der Waals surface area contributed by atoms with E-state index < -0.39 is 0 Å². The molecule has 0 radical (unpaired) electrons. The quantitative estimate of drug-likeness (QED) is 0.641. The van der Waals surface area contributed by atoms with Crippen molar-refractivity contribution in [2.75, 3.05) is 19.8 Å². The van der Waals surface area contributed by atoms with Gasteiger partial charge in [0.2, 0.25) is 0 Å². The molecule has 3 heteroatoms. The maximum absolute atomic E-state index is 9.87. The highest BCUT2D eigenvalue weighted by Gasteiger charge is 2.20. The van der Waals surface area contributed by atoms with Crippen molar-refractivity contribution < 1.29 is 14.9 Å². The molecule has 0 saturated carbocycles. The van der Waals surface area contributed by atoms with E-state index in [1.807, 2.05) is 13.8 Å². The minimum atomic E-state index is -0.257. The number of rotatable bonds is 9. The van der Waals surface area contributed by atoms with Crippen molar-refractivity contribution in [2.24, 2.45) is 11.3 Å². The maximum Gasteiger partial charge on any atom is 0.0590 e. The van der Waals surface area contributed by atoms with E-state index in [1.165, 1.54) is 0 Å². The van der Waals surface area contributed by atoms with Crippen LogP contribution in [-0.2, 0) is 4.74 Å². The molecule has 0 saturated heterocycles. The minimum Gasteiger partial charge on any atom is -0.396 e. The van der Waals surface area contributed by atoms with E-state index >= 15 is 0 Å². The second kappa shape index (κ2) is 8.04. The third-order valence-corrected chi connectivity index (χ3v) is 2.91. The van der Waals surface area contributed by atoms with Gasteiger partial charge in [-0.2, -0.15) is 0 Å². The first-order valence-electron chi connectivity index (χ1n) is 6.33. The van der Waals surface area contributed by atoms with Crippen LogP contribution in [0.4, 0.5) is 0 Å². The molecule has 0 heterocycles. The van der Waals surface area contributed by atoms with Crippen molar-refractivity contribution in [2.45, 2.75) is 53.1 Å². The Balaban J connectivity index is 3.87. The molecule has 0 aliphatic heterocycles. The predicted octanol–water partition coefficient (Wildman–Crippen LogP) is 2.21. The molecule has 0 fully saturated rings. The molecular formula is C13H28O3. The van der Waals surface area contributed by atoms with Crippen LogP contribution in [0.3, 0.4) is 0 Å². The van der Waals surface area contributed by atoms with Gasteiger partial charge in [0.1, 0.15) is 0 Å². The van der Waals surface area contributed by atoms with Crippen LogP contribution in [0, 0.1) is 11.3 Å². The van der Waals surface area contributed by atoms with Gasteiger partial charge in [-0.25, -0.2) is 0 Å². The fourth-order valence-electron chi connectivity index (χ4n) is 1.56. The summed E-state index contributed by atoms with van der Waals surface area (Å²) in [6.45, 7) is 9.34. The summed E-state index contributed by atoms with van der Waals surface area (Å²) in [5.74, 6) is 0.217. The van der Waals surface area contributed by atoms with Gasteiger partial charge in [-0.3, -0.25) is 0 Å². The van der Waals surface area contributed by atoms with Gasteiger partial charge in [0.05, 0.1) is 25.9 Å². The zero-order valence-electron chi connectivity index (χ0n) is 11.2. The lowest BCUT2D eigenvalue weighted by atomic mass is 9.95. The Hall–Kier alpha value is -0.120. The Labute approximate surface area is 99.8 Å². The Bertz CT molecular complexity index is 169. The van der Waals surface area contributed by atoms with Gasteiger partial charge in [0, 0.05) is 11.3 Å². The molecule has 0 amide bonds. The van der Waals surface area contributed by atoms with Gasteiger partial charge in [0.15, 0.2) is 0 Å². The Morgan fingerprint density at radius 1 is 1.25 bits per heavy atom. The van der Waals surface area contributed by atoms with E-state index in [-0.39, 0.29) is 24.0 Å². The van der Waals surface area contributed by atoms with E-state index in [9.17, 15) is 5.11 Å². The summed E-state index contributed by atoms with van der Waals surface area (Å²) in [6, 6.07) is 0. The first-order valence-corrected chi connectivity index (χ1v) is 6.33. The van der Waals surface area contributed by atoms with E-state index in [2.05, 4.69) is 13.8 Å². The zero-order valence-corrected chi connectivity index (χ0v) is 11.2. The van der Waals surface area contributed by atoms with Crippen LogP contribution in [0.2, 0.25) is 0 Å². The molecule has 2 unspecified atom stereocenters. The summed E-state index contributed by atoms with van der Waals surface area (Å²) in [6.07, 6.45) is 2.51. The van der Waals surface area contributed by atoms with E-state index in [4.69, 9.17) is 9.84 Å².